The first-order valence-corrected chi connectivity index (χ1v) is 5.81. The molecular formula is C11H24N2O. The van der Waals surface area contributed by atoms with Gasteiger partial charge in [-0.15, -0.1) is 0 Å². The molecule has 3 N–H and O–H groups in total. The van der Waals surface area contributed by atoms with Crippen LogP contribution in [0.1, 0.15) is 39.5 Å². The van der Waals surface area contributed by atoms with Gasteiger partial charge < -0.3 is 4.74 Å². The molecule has 14 heavy (non-hydrogen) atoms. The van der Waals surface area contributed by atoms with Crippen LogP contribution >= 0.6 is 0 Å². The van der Waals surface area contributed by atoms with Crippen molar-refractivity contribution in [3.8, 4) is 0 Å². The molecule has 3 unspecified atom stereocenters. The first-order valence-electron chi connectivity index (χ1n) is 5.81. The molecule has 1 rings (SSSR count). The zero-order valence-electron chi connectivity index (χ0n) is 9.46. The van der Waals surface area contributed by atoms with Crippen molar-refractivity contribution >= 4 is 0 Å². The summed E-state index contributed by atoms with van der Waals surface area (Å²) in [6, 6.07) is 0.444. The molecular weight excluding hydrogens is 176 g/mol. The van der Waals surface area contributed by atoms with Gasteiger partial charge in [0.15, 0.2) is 0 Å². The molecule has 0 aromatic rings. The van der Waals surface area contributed by atoms with Crippen LogP contribution in [0.3, 0.4) is 0 Å². The third-order valence-electron chi connectivity index (χ3n) is 3.19. The van der Waals surface area contributed by atoms with Gasteiger partial charge in [-0.2, -0.15) is 0 Å². The molecule has 0 aliphatic carbocycles. The van der Waals surface area contributed by atoms with Crippen molar-refractivity contribution in [2.24, 2.45) is 17.7 Å². The van der Waals surface area contributed by atoms with Crippen molar-refractivity contribution in [1.82, 2.24) is 5.43 Å². The van der Waals surface area contributed by atoms with E-state index in [1.165, 1.54) is 19.3 Å². The molecule has 3 nitrogen and oxygen atoms in total. The van der Waals surface area contributed by atoms with E-state index in [4.69, 9.17) is 10.6 Å². The van der Waals surface area contributed by atoms with Gasteiger partial charge in [-0.3, -0.25) is 11.3 Å². The molecule has 3 atom stereocenters. The zero-order valence-corrected chi connectivity index (χ0v) is 9.46. The van der Waals surface area contributed by atoms with Crippen molar-refractivity contribution in [3.05, 3.63) is 0 Å². The molecule has 0 aromatic heterocycles. The molecule has 84 valence electrons. The first kappa shape index (κ1) is 12.0. The van der Waals surface area contributed by atoms with E-state index in [1.54, 1.807) is 0 Å². The molecule has 0 saturated carbocycles. The number of rotatable bonds is 6. The molecule has 0 aromatic carbocycles. The predicted octanol–water partition coefficient (Wildman–Crippen LogP) is 1.68. The molecule has 1 aliphatic rings. The second-order valence-electron chi connectivity index (χ2n) is 4.53. The van der Waals surface area contributed by atoms with Gasteiger partial charge in [-0.05, 0) is 18.8 Å². The van der Waals surface area contributed by atoms with Crippen LogP contribution in [0.4, 0.5) is 0 Å². The standard InChI is InChI=1S/C11H24N2O/c1-3-4-9(2)7-11(13-12)10-5-6-14-8-10/h9-11,13H,3-8,12H2,1-2H3. The lowest BCUT2D eigenvalue weighted by Gasteiger charge is -2.24. The quantitative estimate of drug-likeness (QED) is 0.506. The Balaban J connectivity index is 2.29. The molecule has 0 spiro atoms. The van der Waals surface area contributed by atoms with Crippen molar-refractivity contribution in [2.45, 2.75) is 45.6 Å². The summed E-state index contributed by atoms with van der Waals surface area (Å²) in [7, 11) is 0. The van der Waals surface area contributed by atoms with Crippen molar-refractivity contribution < 1.29 is 4.74 Å². The van der Waals surface area contributed by atoms with Crippen molar-refractivity contribution in [2.75, 3.05) is 13.2 Å². The molecule has 0 amide bonds. The number of hydrogen-bond acceptors (Lipinski definition) is 3. The minimum atomic E-state index is 0.444. The van der Waals surface area contributed by atoms with Crippen LogP contribution in [0, 0.1) is 11.8 Å². The topological polar surface area (TPSA) is 47.3 Å². The fourth-order valence-electron chi connectivity index (χ4n) is 2.31. The van der Waals surface area contributed by atoms with Crippen LogP contribution < -0.4 is 11.3 Å². The summed E-state index contributed by atoms with van der Waals surface area (Å²) < 4.78 is 5.39. The Morgan fingerprint density at radius 2 is 2.36 bits per heavy atom. The van der Waals surface area contributed by atoms with E-state index in [-0.39, 0.29) is 0 Å². The lowest BCUT2D eigenvalue weighted by molar-refractivity contribution is 0.172. The van der Waals surface area contributed by atoms with Crippen molar-refractivity contribution in [1.29, 1.82) is 0 Å². The molecule has 0 bridgehead atoms. The van der Waals surface area contributed by atoms with E-state index in [0.29, 0.717) is 12.0 Å². The SMILES string of the molecule is CCCC(C)CC(NN)C1CCOC1. The summed E-state index contributed by atoms with van der Waals surface area (Å²) in [5.74, 6) is 6.98. The Morgan fingerprint density at radius 1 is 1.57 bits per heavy atom. The summed E-state index contributed by atoms with van der Waals surface area (Å²) in [5, 5.41) is 0. The minimum absolute atomic E-state index is 0.444. The van der Waals surface area contributed by atoms with E-state index in [2.05, 4.69) is 19.3 Å². The maximum atomic E-state index is 5.59. The van der Waals surface area contributed by atoms with E-state index >= 15 is 0 Å². The van der Waals surface area contributed by atoms with Gasteiger partial charge >= 0.3 is 0 Å². The van der Waals surface area contributed by atoms with Gasteiger partial charge in [-0.1, -0.05) is 26.7 Å². The fourth-order valence-corrected chi connectivity index (χ4v) is 2.31. The average Bonchev–Trinajstić information content (AvgIpc) is 2.67. The van der Waals surface area contributed by atoms with Gasteiger partial charge in [0.2, 0.25) is 0 Å². The highest BCUT2D eigenvalue weighted by atomic mass is 16.5. The molecule has 0 radical (unpaired) electrons. The zero-order chi connectivity index (χ0) is 10.4. The Kier molecular flexibility index (Phi) is 5.45. The highest BCUT2D eigenvalue weighted by Gasteiger charge is 2.25. The summed E-state index contributed by atoms with van der Waals surface area (Å²) in [4.78, 5) is 0. The summed E-state index contributed by atoms with van der Waals surface area (Å²) >= 11 is 0. The number of hydrazine groups is 1. The number of ether oxygens (including phenoxy) is 1. The highest BCUT2D eigenvalue weighted by Crippen LogP contribution is 2.22. The van der Waals surface area contributed by atoms with Crippen molar-refractivity contribution in [3.63, 3.8) is 0 Å². The molecule has 1 fully saturated rings. The summed E-state index contributed by atoms with van der Waals surface area (Å²) in [6.07, 6.45) is 4.90. The third-order valence-corrected chi connectivity index (χ3v) is 3.19. The third kappa shape index (κ3) is 3.56. The van der Waals surface area contributed by atoms with Crippen LogP contribution in [0.5, 0.6) is 0 Å². The van der Waals surface area contributed by atoms with Gasteiger partial charge in [0.05, 0.1) is 6.61 Å². The van der Waals surface area contributed by atoms with Crippen LogP contribution in [-0.2, 0) is 4.74 Å². The Bertz CT molecular complexity index is 146. The van der Waals surface area contributed by atoms with E-state index in [1.807, 2.05) is 0 Å². The predicted molar refractivity (Wildman–Crippen MR) is 58.7 cm³/mol. The molecule has 1 saturated heterocycles. The highest BCUT2D eigenvalue weighted by molar-refractivity contribution is 4.79. The number of nitrogens with two attached hydrogens (primary N) is 1. The Hall–Kier alpha value is -0.120. The lowest BCUT2D eigenvalue weighted by Crippen LogP contribution is -2.42. The monoisotopic (exact) mass is 200 g/mol. The normalized spacial score (nSPS) is 26.4. The summed E-state index contributed by atoms with van der Waals surface area (Å²) in [6.45, 7) is 6.34. The van der Waals surface area contributed by atoms with Gasteiger partial charge in [-0.25, -0.2) is 0 Å². The van der Waals surface area contributed by atoms with Crippen LogP contribution in [0.25, 0.3) is 0 Å². The molecule has 3 heteroatoms. The minimum Gasteiger partial charge on any atom is -0.381 e. The maximum absolute atomic E-state index is 5.59. The van der Waals surface area contributed by atoms with Crippen LogP contribution in [0.2, 0.25) is 0 Å². The maximum Gasteiger partial charge on any atom is 0.0510 e. The van der Waals surface area contributed by atoms with E-state index < -0.39 is 0 Å². The smallest absolute Gasteiger partial charge is 0.0510 e. The lowest BCUT2D eigenvalue weighted by atomic mass is 9.89. The van der Waals surface area contributed by atoms with Gasteiger partial charge in [0.1, 0.15) is 0 Å². The van der Waals surface area contributed by atoms with Gasteiger partial charge in [0, 0.05) is 18.6 Å². The number of nitrogens with one attached hydrogen (secondary N) is 1. The molecule has 1 aliphatic heterocycles. The average molecular weight is 200 g/mol. The molecule has 1 heterocycles. The Morgan fingerprint density at radius 3 is 2.86 bits per heavy atom. The summed E-state index contributed by atoms with van der Waals surface area (Å²) in [5.41, 5.74) is 2.95. The van der Waals surface area contributed by atoms with Gasteiger partial charge in [0.25, 0.3) is 0 Å². The van der Waals surface area contributed by atoms with E-state index in [0.717, 1.165) is 25.6 Å². The first-order chi connectivity index (χ1) is 6.77. The second kappa shape index (κ2) is 6.38. The Labute approximate surface area is 87.4 Å². The van der Waals surface area contributed by atoms with Crippen LogP contribution in [-0.4, -0.2) is 19.3 Å². The van der Waals surface area contributed by atoms with E-state index in [9.17, 15) is 0 Å². The fraction of sp³-hybridized carbons (Fsp3) is 1.00. The largest absolute Gasteiger partial charge is 0.381 e. The van der Waals surface area contributed by atoms with Crippen LogP contribution in [0.15, 0.2) is 0 Å². The second-order valence-corrected chi connectivity index (χ2v) is 4.53. The number of hydrogen-bond donors (Lipinski definition) is 2.